The molecule has 0 bridgehead atoms. The van der Waals surface area contributed by atoms with Crippen LogP contribution in [-0.4, -0.2) is 20.3 Å². The molecule has 5 nitrogen and oxygen atoms in total. The van der Waals surface area contributed by atoms with Gasteiger partial charge in [0.25, 0.3) is 0 Å². The van der Waals surface area contributed by atoms with Gasteiger partial charge in [-0.05, 0) is 50.1 Å². The van der Waals surface area contributed by atoms with Crippen molar-refractivity contribution in [3.8, 4) is 11.5 Å². The summed E-state index contributed by atoms with van der Waals surface area (Å²) in [6, 6.07) is 13.0. The van der Waals surface area contributed by atoms with Crippen molar-refractivity contribution in [3.05, 3.63) is 53.6 Å². The first-order valence-electron chi connectivity index (χ1n) is 7.74. The molecule has 0 saturated heterocycles. The Morgan fingerprint density at radius 1 is 1.00 bits per heavy atom. The van der Waals surface area contributed by atoms with Crippen molar-refractivity contribution in [1.29, 1.82) is 0 Å². The maximum atomic E-state index is 12.4. The number of para-hydroxylation sites is 1. The normalized spacial score (nSPS) is 10.9. The molecule has 0 radical (unpaired) electrons. The quantitative estimate of drug-likeness (QED) is 0.870. The van der Waals surface area contributed by atoms with Crippen molar-refractivity contribution in [2.75, 3.05) is 19.5 Å². The molecule has 0 aliphatic heterocycles. The van der Waals surface area contributed by atoms with Crippen molar-refractivity contribution >= 4 is 11.7 Å². The van der Waals surface area contributed by atoms with Gasteiger partial charge in [0.2, 0.25) is 0 Å². The summed E-state index contributed by atoms with van der Waals surface area (Å²) in [5.41, 5.74) is 2.14. The molecule has 0 aliphatic carbocycles. The van der Waals surface area contributed by atoms with Crippen LogP contribution in [0.5, 0.6) is 11.5 Å². The van der Waals surface area contributed by atoms with E-state index in [0.29, 0.717) is 11.5 Å². The van der Waals surface area contributed by atoms with E-state index in [2.05, 4.69) is 10.6 Å². The summed E-state index contributed by atoms with van der Waals surface area (Å²) < 4.78 is 10.6. The summed E-state index contributed by atoms with van der Waals surface area (Å²) in [5.74, 6) is 1.28. The largest absolute Gasteiger partial charge is 0.493 e. The van der Waals surface area contributed by atoms with Gasteiger partial charge in [-0.25, -0.2) is 4.79 Å². The highest BCUT2D eigenvalue weighted by atomic mass is 16.5. The molecule has 0 heterocycles. The van der Waals surface area contributed by atoms with E-state index < -0.39 is 5.54 Å². The Labute approximate surface area is 143 Å². The van der Waals surface area contributed by atoms with Crippen LogP contribution in [0.15, 0.2) is 42.5 Å². The molecule has 2 rings (SSSR count). The average molecular weight is 328 g/mol. The maximum absolute atomic E-state index is 12.4. The van der Waals surface area contributed by atoms with Crippen LogP contribution in [0.25, 0.3) is 0 Å². The number of amides is 2. The molecule has 0 unspecified atom stereocenters. The van der Waals surface area contributed by atoms with Crippen LogP contribution in [0, 0.1) is 6.92 Å². The smallest absolute Gasteiger partial charge is 0.319 e. The van der Waals surface area contributed by atoms with Crippen molar-refractivity contribution in [2.45, 2.75) is 26.3 Å². The van der Waals surface area contributed by atoms with Crippen LogP contribution < -0.4 is 20.1 Å². The van der Waals surface area contributed by atoms with Crippen molar-refractivity contribution in [3.63, 3.8) is 0 Å². The molecule has 0 atom stereocenters. The first kappa shape index (κ1) is 17.7. The SMILES string of the molecule is COc1ccc(C(C)(C)NC(=O)Nc2ccccc2C)cc1OC. The van der Waals surface area contributed by atoms with Gasteiger partial charge in [0, 0.05) is 5.69 Å². The number of aryl methyl sites for hydroxylation is 1. The fourth-order valence-electron chi connectivity index (χ4n) is 2.45. The molecular formula is C19H24N2O3. The summed E-state index contributed by atoms with van der Waals surface area (Å²) in [6.07, 6.45) is 0. The maximum Gasteiger partial charge on any atom is 0.319 e. The zero-order valence-corrected chi connectivity index (χ0v) is 14.8. The van der Waals surface area contributed by atoms with Crippen molar-refractivity contribution in [2.24, 2.45) is 0 Å². The van der Waals surface area contributed by atoms with Crippen molar-refractivity contribution < 1.29 is 14.3 Å². The van der Waals surface area contributed by atoms with E-state index in [9.17, 15) is 4.79 Å². The lowest BCUT2D eigenvalue weighted by molar-refractivity contribution is 0.241. The molecule has 2 amide bonds. The van der Waals surface area contributed by atoms with Crippen LogP contribution in [0.3, 0.4) is 0 Å². The Morgan fingerprint density at radius 2 is 1.67 bits per heavy atom. The number of methoxy groups -OCH3 is 2. The van der Waals surface area contributed by atoms with E-state index in [-0.39, 0.29) is 6.03 Å². The van der Waals surface area contributed by atoms with E-state index in [1.807, 2.05) is 63.2 Å². The summed E-state index contributed by atoms with van der Waals surface area (Å²) in [6.45, 7) is 5.83. The lowest BCUT2D eigenvalue weighted by atomic mass is 9.94. The number of nitrogens with one attached hydrogen (secondary N) is 2. The van der Waals surface area contributed by atoms with E-state index in [0.717, 1.165) is 16.8 Å². The molecule has 0 aliphatic rings. The van der Waals surface area contributed by atoms with Crippen LogP contribution in [0.1, 0.15) is 25.0 Å². The van der Waals surface area contributed by atoms with Gasteiger partial charge < -0.3 is 20.1 Å². The molecule has 2 N–H and O–H groups in total. The Hall–Kier alpha value is -2.69. The Balaban J connectivity index is 2.15. The van der Waals surface area contributed by atoms with Gasteiger partial charge in [0.05, 0.1) is 19.8 Å². The third-order valence-electron chi connectivity index (χ3n) is 3.92. The van der Waals surface area contributed by atoms with Gasteiger partial charge in [-0.2, -0.15) is 0 Å². The zero-order chi connectivity index (χ0) is 17.7. The monoisotopic (exact) mass is 328 g/mol. The summed E-state index contributed by atoms with van der Waals surface area (Å²) in [5, 5.41) is 5.87. The number of anilines is 1. The molecule has 2 aromatic carbocycles. The summed E-state index contributed by atoms with van der Waals surface area (Å²) >= 11 is 0. The molecule has 0 spiro atoms. The Bertz CT molecular complexity index is 726. The molecule has 0 saturated carbocycles. The Kier molecular flexibility index (Phi) is 5.34. The number of carbonyl (C=O) groups excluding carboxylic acids is 1. The van der Waals surface area contributed by atoms with Gasteiger partial charge >= 0.3 is 6.03 Å². The Morgan fingerprint density at radius 3 is 2.29 bits per heavy atom. The van der Waals surface area contributed by atoms with Crippen LogP contribution in [0.2, 0.25) is 0 Å². The molecular weight excluding hydrogens is 304 g/mol. The minimum atomic E-state index is -0.577. The fourth-order valence-corrected chi connectivity index (χ4v) is 2.45. The fraction of sp³-hybridized carbons (Fsp3) is 0.316. The van der Waals surface area contributed by atoms with E-state index >= 15 is 0 Å². The van der Waals surface area contributed by atoms with Gasteiger partial charge in [0.1, 0.15) is 0 Å². The second-order valence-corrected chi connectivity index (χ2v) is 6.09. The van der Waals surface area contributed by atoms with Gasteiger partial charge in [-0.1, -0.05) is 24.3 Å². The van der Waals surface area contributed by atoms with Crippen molar-refractivity contribution in [1.82, 2.24) is 5.32 Å². The predicted octanol–water partition coefficient (Wildman–Crippen LogP) is 4.07. The highest BCUT2D eigenvalue weighted by Crippen LogP contribution is 2.32. The number of ether oxygens (including phenoxy) is 2. The lowest BCUT2D eigenvalue weighted by Crippen LogP contribution is -2.43. The number of rotatable bonds is 5. The first-order valence-corrected chi connectivity index (χ1v) is 7.74. The van der Waals surface area contributed by atoms with Crippen LogP contribution >= 0.6 is 0 Å². The average Bonchev–Trinajstić information content (AvgIpc) is 2.55. The van der Waals surface area contributed by atoms with Crippen LogP contribution in [0.4, 0.5) is 10.5 Å². The van der Waals surface area contributed by atoms with Gasteiger partial charge in [0.15, 0.2) is 11.5 Å². The number of urea groups is 1. The molecule has 5 heteroatoms. The number of carbonyl (C=O) groups is 1. The molecule has 2 aromatic rings. The van der Waals surface area contributed by atoms with Gasteiger partial charge in [-0.15, -0.1) is 0 Å². The van der Waals surface area contributed by atoms with E-state index in [4.69, 9.17) is 9.47 Å². The van der Waals surface area contributed by atoms with E-state index in [1.54, 1.807) is 14.2 Å². The number of hydrogen-bond acceptors (Lipinski definition) is 3. The third kappa shape index (κ3) is 3.98. The molecule has 24 heavy (non-hydrogen) atoms. The standard InChI is InChI=1S/C19H24N2O3/c1-13-8-6-7-9-15(13)20-18(22)21-19(2,3)14-10-11-16(23-4)17(12-14)24-5/h6-12H,1-5H3,(H2,20,21,22). The predicted molar refractivity (Wildman–Crippen MR) is 95.9 cm³/mol. The minimum Gasteiger partial charge on any atom is -0.493 e. The summed E-state index contributed by atoms with van der Waals surface area (Å²) in [7, 11) is 3.18. The molecule has 128 valence electrons. The lowest BCUT2D eigenvalue weighted by Gasteiger charge is -2.28. The summed E-state index contributed by atoms with van der Waals surface area (Å²) in [4.78, 5) is 12.4. The highest BCUT2D eigenvalue weighted by Gasteiger charge is 2.24. The third-order valence-corrected chi connectivity index (χ3v) is 3.92. The van der Waals surface area contributed by atoms with Crippen LogP contribution in [-0.2, 0) is 5.54 Å². The second kappa shape index (κ2) is 7.25. The minimum absolute atomic E-state index is 0.260. The topological polar surface area (TPSA) is 59.6 Å². The number of hydrogen-bond donors (Lipinski definition) is 2. The molecule has 0 aromatic heterocycles. The van der Waals surface area contributed by atoms with Gasteiger partial charge in [-0.3, -0.25) is 0 Å². The van der Waals surface area contributed by atoms with E-state index in [1.165, 1.54) is 0 Å². The first-order chi connectivity index (χ1) is 11.4. The number of benzene rings is 2. The molecule has 0 fully saturated rings. The highest BCUT2D eigenvalue weighted by molar-refractivity contribution is 5.90. The zero-order valence-electron chi connectivity index (χ0n) is 14.8. The second-order valence-electron chi connectivity index (χ2n) is 6.09.